The number of nitrogens with one attached hydrogen (secondary N) is 1. The highest BCUT2D eigenvalue weighted by Gasteiger charge is 2.27. The summed E-state index contributed by atoms with van der Waals surface area (Å²) in [5, 5.41) is 7.85. The fourth-order valence-electron chi connectivity index (χ4n) is 3.39. The van der Waals surface area contributed by atoms with Crippen molar-refractivity contribution < 1.29 is 4.74 Å². The maximum absolute atomic E-state index is 5.42. The van der Waals surface area contributed by atoms with Crippen LogP contribution in [0.1, 0.15) is 30.7 Å². The number of hydrogen-bond donors (Lipinski definition) is 1. The monoisotopic (exact) mass is 433 g/mol. The molecule has 3 heterocycles. The average molecular weight is 433 g/mol. The Labute approximate surface area is 155 Å². The Balaban J connectivity index is 0.00000192. The summed E-state index contributed by atoms with van der Waals surface area (Å²) < 4.78 is 7.31. The Bertz CT molecular complexity index is 512. The molecule has 6 nitrogen and oxygen atoms in total. The molecule has 3 rings (SSSR count). The van der Waals surface area contributed by atoms with Crippen molar-refractivity contribution >= 4 is 29.9 Å². The summed E-state index contributed by atoms with van der Waals surface area (Å²) in [6.07, 6.45) is 7.60. The highest BCUT2D eigenvalue weighted by Crippen LogP contribution is 2.26. The smallest absolute Gasteiger partial charge is 0.193 e. The third-order valence-electron chi connectivity index (χ3n) is 4.79. The van der Waals surface area contributed by atoms with Crippen molar-refractivity contribution in [2.75, 3.05) is 39.9 Å². The Morgan fingerprint density at radius 3 is 2.83 bits per heavy atom. The van der Waals surface area contributed by atoms with E-state index in [9.17, 15) is 0 Å². The van der Waals surface area contributed by atoms with Crippen LogP contribution in [0.2, 0.25) is 0 Å². The number of guanidine groups is 1. The Morgan fingerprint density at radius 1 is 1.39 bits per heavy atom. The lowest BCUT2D eigenvalue weighted by Crippen LogP contribution is -2.42. The Hall–Kier alpha value is -0.830. The largest absolute Gasteiger partial charge is 0.381 e. The van der Waals surface area contributed by atoms with E-state index in [0.29, 0.717) is 11.8 Å². The van der Waals surface area contributed by atoms with Crippen LogP contribution in [0.5, 0.6) is 0 Å². The van der Waals surface area contributed by atoms with Crippen molar-refractivity contribution in [1.29, 1.82) is 0 Å². The average Bonchev–Trinajstić information content (AvgIpc) is 3.18. The van der Waals surface area contributed by atoms with E-state index in [1.165, 1.54) is 12.0 Å². The molecular formula is C16H28IN5O. The van der Waals surface area contributed by atoms with Crippen LogP contribution >= 0.6 is 24.0 Å². The van der Waals surface area contributed by atoms with Crippen molar-refractivity contribution in [2.45, 2.75) is 25.2 Å². The zero-order valence-corrected chi connectivity index (χ0v) is 16.4. The lowest BCUT2D eigenvalue weighted by atomic mass is 10.0. The summed E-state index contributed by atoms with van der Waals surface area (Å²) >= 11 is 0. The number of halogens is 1. The molecule has 7 heteroatoms. The van der Waals surface area contributed by atoms with E-state index in [4.69, 9.17) is 4.74 Å². The zero-order valence-electron chi connectivity index (χ0n) is 14.1. The van der Waals surface area contributed by atoms with Gasteiger partial charge in [-0.25, -0.2) is 0 Å². The summed E-state index contributed by atoms with van der Waals surface area (Å²) in [6, 6.07) is 0. The van der Waals surface area contributed by atoms with Gasteiger partial charge in [-0.2, -0.15) is 5.10 Å². The highest BCUT2D eigenvalue weighted by atomic mass is 127. The van der Waals surface area contributed by atoms with Gasteiger partial charge in [0.25, 0.3) is 0 Å². The number of aromatic nitrogens is 2. The molecule has 1 aromatic rings. The van der Waals surface area contributed by atoms with Crippen molar-refractivity contribution in [3.63, 3.8) is 0 Å². The van der Waals surface area contributed by atoms with Crippen molar-refractivity contribution in [1.82, 2.24) is 20.0 Å². The van der Waals surface area contributed by atoms with E-state index in [1.807, 2.05) is 25.0 Å². The van der Waals surface area contributed by atoms with Gasteiger partial charge in [0.1, 0.15) is 0 Å². The van der Waals surface area contributed by atoms with Crippen LogP contribution in [0.25, 0.3) is 0 Å². The molecule has 2 fully saturated rings. The standard InChI is InChI=1S/C16H27N5O.HI/c1-17-16(18-9-13-4-7-22-8-5-13)21-6-3-14(12-21)15-10-19-20(2)11-15;/h10-11,13-14H,3-9,12H2,1-2H3,(H,17,18);1H. The van der Waals surface area contributed by atoms with Crippen LogP contribution in [-0.2, 0) is 11.8 Å². The van der Waals surface area contributed by atoms with Gasteiger partial charge in [0, 0.05) is 59.1 Å². The van der Waals surface area contributed by atoms with Crippen LogP contribution in [0, 0.1) is 5.92 Å². The molecule has 1 aromatic heterocycles. The van der Waals surface area contributed by atoms with Gasteiger partial charge in [0.2, 0.25) is 0 Å². The molecule has 0 saturated carbocycles. The van der Waals surface area contributed by atoms with E-state index >= 15 is 0 Å². The first-order chi connectivity index (χ1) is 10.8. The molecule has 0 aromatic carbocycles. The highest BCUT2D eigenvalue weighted by molar-refractivity contribution is 14.0. The zero-order chi connectivity index (χ0) is 15.4. The van der Waals surface area contributed by atoms with Crippen LogP contribution in [-0.4, -0.2) is 60.5 Å². The predicted octanol–water partition coefficient (Wildman–Crippen LogP) is 1.83. The first-order valence-corrected chi connectivity index (χ1v) is 8.28. The first-order valence-electron chi connectivity index (χ1n) is 8.28. The summed E-state index contributed by atoms with van der Waals surface area (Å²) in [4.78, 5) is 6.84. The first kappa shape index (κ1) is 18.5. The molecule has 0 amide bonds. The van der Waals surface area contributed by atoms with E-state index in [0.717, 1.165) is 51.6 Å². The van der Waals surface area contributed by atoms with Gasteiger partial charge in [-0.15, -0.1) is 24.0 Å². The Kier molecular flexibility index (Phi) is 7.13. The second kappa shape index (κ2) is 8.86. The van der Waals surface area contributed by atoms with Crippen molar-refractivity contribution in [3.05, 3.63) is 18.0 Å². The van der Waals surface area contributed by atoms with Gasteiger partial charge in [0.15, 0.2) is 5.96 Å². The molecule has 2 aliphatic heterocycles. The van der Waals surface area contributed by atoms with Gasteiger partial charge >= 0.3 is 0 Å². The second-order valence-electron chi connectivity index (χ2n) is 6.36. The summed E-state index contributed by atoms with van der Waals surface area (Å²) in [5.74, 6) is 2.32. The number of nitrogens with zero attached hydrogens (tertiary/aromatic N) is 4. The third kappa shape index (κ3) is 4.82. The number of ether oxygens (including phenoxy) is 1. The number of aliphatic imine (C=N–C) groups is 1. The lowest BCUT2D eigenvalue weighted by Gasteiger charge is -2.26. The molecule has 0 spiro atoms. The van der Waals surface area contributed by atoms with Crippen LogP contribution in [0.3, 0.4) is 0 Å². The maximum atomic E-state index is 5.42. The van der Waals surface area contributed by atoms with E-state index < -0.39 is 0 Å². The predicted molar refractivity (Wildman–Crippen MR) is 102 cm³/mol. The summed E-state index contributed by atoms with van der Waals surface area (Å²) in [6.45, 7) is 4.89. The number of likely N-dealkylation sites (tertiary alicyclic amines) is 1. The third-order valence-corrected chi connectivity index (χ3v) is 4.79. The minimum atomic E-state index is 0. The minimum absolute atomic E-state index is 0. The summed E-state index contributed by atoms with van der Waals surface area (Å²) in [5.41, 5.74) is 1.34. The quantitative estimate of drug-likeness (QED) is 0.449. The van der Waals surface area contributed by atoms with E-state index in [2.05, 4.69) is 26.5 Å². The molecule has 2 aliphatic rings. The molecule has 23 heavy (non-hydrogen) atoms. The topological polar surface area (TPSA) is 54.7 Å². The molecule has 1 unspecified atom stereocenters. The molecule has 0 radical (unpaired) electrons. The van der Waals surface area contributed by atoms with Crippen molar-refractivity contribution in [3.8, 4) is 0 Å². The number of aryl methyl sites for hydroxylation is 1. The molecule has 0 aliphatic carbocycles. The van der Waals surface area contributed by atoms with Gasteiger partial charge in [0.05, 0.1) is 6.20 Å². The molecule has 0 bridgehead atoms. The van der Waals surface area contributed by atoms with E-state index in [-0.39, 0.29) is 24.0 Å². The van der Waals surface area contributed by atoms with Gasteiger partial charge < -0.3 is 15.0 Å². The summed E-state index contributed by atoms with van der Waals surface area (Å²) in [7, 11) is 3.86. The van der Waals surface area contributed by atoms with Crippen LogP contribution in [0.15, 0.2) is 17.4 Å². The maximum Gasteiger partial charge on any atom is 0.193 e. The molecule has 1 N–H and O–H groups in total. The van der Waals surface area contributed by atoms with Gasteiger partial charge in [-0.1, -0.05) is 0 Å². The lowest BCUT2D eigenvalue weighted by molar-refractivity contribution is 0.0674. The van der Waals surface area contributed by atoms with Gasteiger partial charge in [-0.05, 0) is 30.7 Å². The SMILES string of the molecule is CN=C(NCC1CCOCC1)N1CCC(c2cnn(C)c2)C1.I. The number of hydrogen-bond acceptors (Lipinski definition) is 3. The fourth-order valence-corrected chi connectivity index (χ4v) is 3.39. The normalized spacial score (nSPS) is 23.0. The number of rotatable bonds is 3. The van der Waals surface area contributed by atoms with Crippen LogP contribution < -0.4 is 5.32 Å². The van der Waals surface area contributed by atoms with Gasteiger partial charge in [-0.3, -0.25) is 9.67 Å². The fraction of sp³-hybridized carbons (Fsp3) is 0.750. The molecule has 1 atom stereocenters. The molecule has 130 valence electrons. The molecular weight excluding hydrogens is 405 g/mol. The molecule has 2 saturated heterocycles. The Morgan fingerprint density at radius 2 is 2.17 bits per heavy atom. The second-order valence-corrected chi connectivity index (χ2v) is 6.36. The van der Waals surface area contributed by atoms with Crippen molar-refractivity contribution in [2.24, 2.45) is 18.0 Å². The van der Waals surface area contributed by atoms with Crippen LogP contribution in [0.4, 0.5) is 0 Å². The minimum Gasteiger partial charge on any atom is -0.381 e. The van der Waals surface area contributed by atoms with E-state index in [1.54, 1.807) is 0 Å².